The molecule has 0 radical (unpaired) electrons. The summed E-state index contributed by atoms with van der Waals surface area (Å²) in [5, 5.41) is 14.2. The number of hydrogen-bond acceptors (Lipinski definition) is 4. The summed E-state index contributed by atoms with van der Waals surface area (Å²) in [5.74, 6) is -1.68. The first-order valence-corrected chi connectivity index (χ1v) is 8.78. The molecule has 1 aliphatic heterocycles. The van der Waals surface area contributed by atoms with E-state index in [1.165, 1.54) is 12.1 Å². The Kier molecular flexibility index (Phi) is 5.41. The van der Waals surface area contributed by atoms with Crippen LogP contribution in [0, 0.1) is 11.7 Å². The van der Waals surface area contributed by atoms with Gasteiger partial charge in [-0.1, -0.05) is 19.3 Å². The van der Waals surface area contributed by atoms with Crippen molar-refractivity contribution in [2.24, 2.45) is 11.0 Å². The Labute approximate surface area is 153 Å². The summed E-state index contributed by atoms with van der Waals surface area (Å²) in [7, 11) is 0. The third-order valence-corrected chi connectivity index (χ3v) is 4.95. The van der Waals surface area contributed by atoms with Gasteiger partial charge in [-0.3, -0.25) is 4.79 Å². The molecule has 1 aromatic rings. The van der Waals surface area contributed by atoms with Crippen molar-refractivity contribution in [1.29, 1.82) is 0 Å². The van der Waals surface area contributed by atoms with Gasteiger partial charge in [-0.2, -0.15) is 23.3 Å². The van der Waals surface area contributed by atoms with Crippen LogP contribution >= 0.6 is 0 Å². The van der Waals surface area contributed by atoms with Gasteiger partial charge in [-0.05, 0) is 43.0 Å². The van der Waals surface area contributed by atoms with Gasteiger partial charge in [0.2, 0.25) is 0 Å². The number of alkyl halides is 3. The van der Waals surface area contributed by atoms with E-state index in [0.717, 1.165) is 31.4 Å². The molecule has 148 valence electrons. The molecule has 1 aromatic carbocycles. The van der Waals surface area contributed by atoms with E-state index in [1.54, 1.807) is 0 Å². The largest absolute Gasteiger partial charge is 0.484 e. The van der Waals surface area contributed by atoms with Gasteiger partial charge >= 0.3 is 6.18 Å². The first-order valence-electron chi connectivity index (χ1n) is 8.78. The third kappa shape index (κ3) is 4.07. The summed E-state index contributed by atoms with van der Waals surface area (Å²) < 4.78 is 58.5. The van der Waals surface area contributed by atoms with Crippen LogP contribution in [0.25, 0.3) is 0 Å². The molecule has 1 heterocycles. The molecule has 0 aromatic heterocycles. The average molecular weight is 388 g/mol. The summed E-state index contributed by atoms with van der Waals surface area (Å²) in [6.07, 6.45) is -1.63. The number of hydrogen-bond donors (Lipinski definition) is 1. The van der Waals surface area contributed by atoms with Gasteiger partial charge in [-0.25, -0.2) is 4.39 Å². The molecule has 0 spiro atoms. The Hall–Kier alpha value is -2.16. The van der Waals surface area contributed by atoms with E-state index >= 15 is 0 Å². The zero-order valence-electron chi connectivity index (χ0n) is 14.5. The molecular formula is C18H20F4N2O3. The monoisotopic (exact) mass is 388 g/mol. The predicted molar refractivity (Wildman–Crippen MR) is 88.4 cm³/mol. The second-order valence-corrected chi connectivity index (χ2v) is 6.87. The highest BCUT2D eigenvalue weighted by atomic mass is 19.4. The quantitative estimate of drug-likeness (QED) is 0.802. The van der Waals surface area contributed by atoms with Crippen LogP contribution in [0.4, 0.5) is 17.6 Å². The SMILES string of the molecule is O=C(COc1ccc(F)cc1)N1N=C(C2CCCCC2)C[C@]1(O)C(F)(F)F. The molecule has 9 heteroatoms. The lowest BCUT2D eigenvalue weighted by Gasteiger charge is -2.32. The first-order chi connectivity index (χ1) is 12.7. The Morgan fingerprint density at radius 2 is 1.85 bits per heavy atom. The highest BCUT2D eigenvalue weighted by molar-refractivity contribution is 5.92. The number of nitrogens with zero attached hydrogens (tertiary/aromatic N) is 2. The van der Waals surface area contributed by atoms with Crippen LogP contribution < -0.4 is 4.74 Å². The Morgan fingerprint density at radius 3 is 2.44 bits per heavy atom. The number of halogens is 4. The molecule has 27 heavy (non-hydrogen) atoms. The second-order valence-electron chi connectivity index (χ2n) is 6.87. The van der Waals surface area contributed by atoms with Gasteiger partial charge in [0.25, 0.3) is 11.6 Å². The van der Waals surface area contributed by atoms with Gasteiger partial charge in [0.05, 0.1) is 0 Å². The lowest BCUT2D eigenvalue weighted by atomic mass is 9.83. The van der Waals surface area contributed by atoms with Crippen molar-refractivity contribution < 1.29 is 32.2 Å². The molecule has 0 unspecified atom stereocenters. The van der Waals surface area contributed by atoms with E-state index in [1.807, 2.05) is 0 Å². The van der Waals surface area contributed by atoms with Crippen LogP contribution in [0.3, 0.4) is 0 Å². The van der Waals surface area contributed by atoms with E-state index in [4.69, 9.17) is 4.74 Å². The fraction of sp³-hybridized carbons (Fsp3) is 0.556. The van der Waals surface area contributed by atoms with Crippen molar-refractivity contribution in [1.82, 2.24) is 5.01 Å². The maximum absolute atomic E-state index is 13.5. The molecule has 1 N–H and O–H groups in total. The summed E-state index contributed by atoms with van der Waals surface area (Å²) in [4.78, 5) is 12.3. The topological polar surface area (TPSA) is 62.1 Å². The number of aliphatic hydroxyl groups is 1. The molecule has 0 bridgehead atoms. The Bertz CT molecular complexity index is 714. The highest BCUT2D eigenvalue weighted by Gasteiger charge is 2.63. The van der Waals surface area contributed by atoms with Gasteiger partial charge in [0.15, 0.2) is 6.61 Å². The molecular weight excluding hydrogens is 368 g/mol. The van der Waals surface area contributed by atoms with Gasteiger partial charge in [0, 0.05) is 12.1 Å². The average Bonchev–Trinajstić information content (AvgIpc) is 3.01. The minimum Gasteiger partial charge on any atom is -0.484 e. The van der Waals surface area contributed by atoms with Crippen LogP contribution in [0.5, 0.6) is 5.75 Å². The van der Waals surface area contributed by atoms with E-state index in [0.29, 0.717) is 12.8 Å². The number of carbonyl (C=O) groups excluding carboxylic acids is 1. The van der Waals surface area contributed by atoms with E-state index in [2.05, 4.69) is 5.10 Å². The first kappa shape index (κ1) is 19.6. The molecule has 1 amide bonds. The van der Waals surface area contributed by atoms with Crippen LogP contribution in [0.2, 0.25) is 0 Å². The normalized spacial score (nSPS) is 24.0. The number of amides is 1. The van der Waals surface area contributed by atoms with E-state index < -0.39 is 36.7 Å². The molecule has 1 aliphatic carbocycles. The molecule has 1 atom stereocenters. The third-order valence-electron chi connectivity index (χ3n) is 4.95. The summed E-state index contributed by atoms with van der Waals surface area (Å²) in [6.45, 7) is -0.758. The Balaban J connectivity index is 1.76. The number of benzene rings is 1. The zero-order chi connectivity index (χ0) is 19.7. The lowest BCUT2D eigenvalue weighted by molar-refractivity contribution is -0.302. The minimum absolute atomic E-state index is 0.0977. The fourth-order valence-corrected chi connectivity index (χ4v) is 3.46. The van der Waals surface area contributed by atoms with Crippen LogP contribution in [-0.2, 0) is 4.79 Å². The Morgan fingerprint density at radius 1 is 1.22 bits per heavy atom. The summed E-state index contributed by atoms with van der Waals surface area (Å²) >= 11 is 0. The smallest absolute Gasteiger partial charge is 0.438 e. The number of rotatable bonds is 4. The number of hydrazone groups is 1. The number of ether oxygens (including phenoxy) is 1. The second kappa shape index (κ2) is 7.46. The lowest BCUT2D eigenvalue weighted by Crippen LogP contribution is -2.57. The van der Waals surface area contributed by atoms with Crippen LogP contribution in [-0.4, -0.2) is 40.2 Å². The molecule has 0 saturated heterocycles. The van der Waals surface area contributed by atoms with Crippen molar-refractivity contribution in [2.45, 2.75) is 50.4 Å². The van der Waals surface area contributed by atoms with E-state index in [9.17, 15) is 27.5 Å². The maximum Gasteiger partial charge on any atom is 0.438 e. The molecule has 1 saturated carbocycles. The van der Waals surface area contributed by atoms with Crippen molar-refractivity contribution in [2.75, 3.05) is 6.61 Å². The zero-order valence-corrected chi connectivity index (χ0v) is 14.5. The van der Waals surface area contributed by atoms with Gasteiger partial charge in [0.1, 0.15) is 11.6 Å². The van der Waals surface area contributed by atoms with Crippen LogP contribution in [0.1, 0.15) is 38.5 Å². The molecule has 1 fully saturated rings. The highest BCUT2D eigenvalue weighted by Crippen LogP contribution is 2.43. The van der Waals surface area contributed by atoms with Crippen molar-refractivity contribution >= 4 is 11.6 Å². The molecule has 5 nitrogen and oxygen atoms in total. The maximum atomic E-state index is 13.5. The van der Waals surface area contributed by atoms with Gasteiger partial charge in [-0.15, -0.1) is 0 Å². The summed E-state index contributed by atoms with van der Waals surface area (Å²) in [5.41, 5.74) is -3.17. The summed E-state index contributed by atoms with van der Waals surface area (Å²) in [6, 6.07) is 4.70. The van der Waals surface area contributed by atoms with Crippen molar-refractivity contribution in [3.05, 3.63) is 30.1 Å². The number of carbonyl (C=O) groups is 1. The molecule has 2 aliphatic rings. The van der Waals surface area contributed by atoms with Crippen molar-refractivity contribution in [3.8, 4) is 5.75 Å². The van der Waals surface area contributed by atoms with Crippen molar-refractivity contribution in [3.63, 3.8) is 0 Å². The predicted octanol–water partition coefficient (Wildman–Crippen LogP) is 3.62. The molecule has 3 rings (SSSR count). The van der Waals surface area contributed by atoms with Gasteiger partial charge < -0.3 is 9.84 Å². The fourth-order valence-electron chi connectivity index (χ4n) is 3.46. The minimum atomic E-state index is -5.06. The van der Waals surface area contributed by atoms with Crippen LogP contribution in [0.15, 0.2) is 29.4 Å². The standard InChI is InChI=1S/C18H20F4N2O3/c19-13-6-8-14(9-7-13)27-11-16(25)24-17(26,18(20,21)22)10-15(23-24)12-4-2-1-3-5-12/h6-9,12,26H,1-5,10-11H2/t17-/m0/s1. The van der Waals surface area contributed by atoms with E-state index in [-0.39, 0.29) is 22.4 Å².